The predicted octanol–water partition coefficient (Wildman–Crippen LogP) is 0.407. The predicted molar refractivity (Wildman–Crippen MR) is 55.8 cm³/mol. The molecule has 2 atom stereocenters. The van der Waals surface area contributed by atoms with Crippen molar-refractivity contribution in [2.45, 2.75) is 19.1 Å². The molecule has 0 radical (unpaired) electrons. The van der Waals surface area contributed by atoms with E-state index in [1.807, 2.05) is 0 Å². The van der Waals surface area contributed by atoms with Crippen molar-refractivity contribution in [3.8, 4) is 5.75 Å². The fraction of sp³-hybridized carbons (Fsp3) is 0.364. The molecule has 0 aliphatic carbocycles. The summed E-state index contributed by atoms with van der Waals surface area (Å²) in [7, 11) is 1.04. The fourth-order valence-electron chi connectivity index (χ4n) is 1.41. The van der Waals surface area contributed by atoms with E-state index in [1.165, 1.54) is 6.92 Å². The smallest absolute Gasteiger partial charge is 0.337 e. The second kappa shape index (κ2) is 5.11. The van der Waals surface area contributed by atoms with E-state index in [0.717, 1.165) is 19.2 Å². The Morgan fingerprint density at radius 3 is 2.53 bits per heavy atom. The van der Waals surface area contributed by atoms with Crippen LogP contribution in [0.5, 0.6) is 5.75 Å². The molecular formula is C11H13FO5. The van der Waals surface area contributed by atoms with E-state index in [4.69, 9.17) is 0 Å². The van der Waals surface area contributed by atoms with Crippen LogP contribution in [0.25, 0.3) is 0 Å². The van der Waals surface area contributed by atoms with E-state index in [9.17, 15) is 24.5 Å². The number of benzene rings is 1. The number of esters is 1. The number of aryl methyl sites for hydroxylation is 1. The van der Waals surface area contributed by atoms with Crippen molar-refractivity contribution in [3.63, 3.8) is 0 Å². The Kier molecular flexibility index (Phi) is 4.03. The van der Waals surface area contributed by atoms with E-state index < -0.39 is 24.0 Å². The van der Waals surface area contributed by atoms with E-state index in [-0.39, 0.29) is 16.9 Å². The molecule has 0 aliphatic rings. The number of carbonyl (C=O) groups excluding carboxylic acids is 1. The van der Waals surface area contributed by atoms with Crippen molar-refractivity contribution < 1.29 is 29.2 Å². The maximum absolute atomic E-state index is 13.1. The molecule has 0 saturated heterocycles. The van der Waals surface area contributed by atoms with Crippen molar-refractivity contribution >= 4 is 5.97 Å². The molecule has 0 bridgehead atoms. The molecule has 17 heavy (non-hydrogen) atoms. The molecule has 94 valence electrons. The third kappa shape index (κ3) is 2.72. The minimum atomic E-state index is -1.88. The lowest BCUT2D eigenvalue weighted by atomic mass is 10.0. The van der Waals surface area contributed by atoms with Crippen LogP contribution in [0.15, 0.2) is 12.1 Å². The van der Waals surface area contributed by atoms with Crippen LogP contribution in [-0.2, 0) is 9.53 Å². The Labute approximate surface area is 97.1 Å². The number of phenolic OH excluding ortho intramolecular Hbond substituents is 1. The van der Waals surface area contributed by atoms with Gasteiger partial charge in [-0.25, -0.2) is 9.18 Å². The second-order valence-corrected chi connectivity index (χ2v) is 3.57. The number of ether oxygens (including phenoxy) is 1. The number of hydrogen-bond acceptors (Lipinski definition) is 5. The molecule has 5 nitrogen and oxygen atoms in total. The van der Waals surface area contributed by atoms with Crippen LogP contribution in [-0.4, -0.2) is 34.5 Å². The number of hydrogen-bond donors (Lipinski definition) is 3. The van der Waals surface area contributed by atoms with Gasteiger partial charge >= 0.3 is 5.97 Å². The normalized spacial score (nSPS) is 14.2. The van der Waals surface area contributed by atoms with E-state index in [1.54, 1.807) is 0 Å². The van der Waals surface area contributed by atoms with Crippen LogP contribution < -0.4 is 0 Å². The van der Waals surface area contributed by atoms with Gasteiger partial charge in [0.25, 0.3) is 0 Å². The summed E-state index contributed by atoms with van der Waals surface area (Å²) < 4.78 is 17.3. The molecule has 6 heteroatoms. The van der Waals surface area contributed by atoms with Gasteiger partial charge in [0.2, 0.25) is 0 Å². The first-order valence-corrected chi connectivity index (χ1v) is 4.81. The zero-order valence-electron chi connectivity index (χ0n) is 9.35. The van der Waals surface area contributed by atoms with Gasteiger partial charge in [-0.1, -0.05) is 0 Å². The molecule has 0 amide bonds. The van der Waals surface area contributed by atoms with Crippen molar-refractivity contribution in [2.24, 2.45) is 0 Å². The van der Waals surface area contributed by atoms with Crippen molar-refractivity contribution in [3.05, 3.63) is 29.1 Å². The number of aliphatic hydroxyl groups is 2. The third-order valence-corrected chi connectivity index (χ3v) is 2.36. The average Bonchev–Trinajstić information content (AvgIpc) is 2.30. The van der Waals surface area contributed by atoms with E-state index >= 15 is 0 Å². The highest BCUT2D eigenvalue weighted by Crippen LogP contribution is 2.30. The zero-order chi connectivity index (χ0) is 13.2. The molecule has 0 heterocycles. The largest absolute Gasteiger partial charge is 0.507 e. The van der Waals surface area contributed by atoms with Gasteiger partial charge < -0.3 is 20.1 Å². The van der Waals surface area contributed by atoms with Gasteiger partial charge in [-0.3, -0.25) is 0 Å². The van der Waals surface area contributed by atoms with Crippen LogP contribution >= 0.6 is 0 Å². The number of halogens is 1. The van der Waals surface area contributed by atoms with Crippen LogP contribution in [0, 0.1) is 12.7 Å². The molecule has 1 aromatic rings. The summed E-state index contributed by atoms with van der Waals surface area (Å²) in [5, 5.41) is 28.6. The number of rotatable bonds is 3. The maximum Gasteiger partial charge on any atom is 0.337 e. The first-order valence-electron chi connectivity index (χ1n) is 4.81. The molecule has 2 unspecified atom stereocenters. The highest BCUT2D eigenvalue weighted by Gasteiger charge is 2.29. The van der Waals surface area contributed by atoms with Crippen LogP contribution in [0.4, 0.5) is 4.39 Å². The van der Waals surface area contributed by atoms with Gasteiger partial charge in [-0.15, -0.1) is 0 Å². The van der Waals surface area contributed by atoms with Gasteiger partial charge in [0.05, 0.1) is 7.11 Å². The Bertz CT molecular complexity index is 432. The number of methoxy groups -OCH3 is 1. The summed E-state index contributed by atoms with van der Waals surface area (Å²) in [6, 6.07) is 1.91. The molecule has 0 spiro atoms. The Morgan fingerprint density at radius 1 is 1.41 bits per heavy atom. The summed E-state index contributed by atoms with van der Waals surface area (Å²) in [5.41, 5.74) is -0.0727. The molecule has 0 saturated carbocycles. The van der Waals surface area contributed by atoms with Crippen molar-refractivity contribution in [2.75, 3.05) is 7.11 Å². The third-order valence-electron chi connectivity index (χ3n) is 2.36. The lowest BCUT2D eigenvalue weighted by Gasteiger charge is -2.18. The maximum atomic E-state index is 13.1. The summed E-state index contributed by atoms with van der Waals surface area (Å²) in [4.78, 5) is 11.0. The standard InChI is InChI=1S/C11H13FO5/c1-5-3-6(12)4-7(8(5)13)9(14)10(15)11(16)17-2/h3-4,9-10,13-15H,1-2H3. The fourth-order valence-corrected chi connectivity index (χ4v) is 1.41. The summed E-state index contributed by atoms with van der Waals surface area (Å²) in [5.74, 6) is -2.13. The van der Waals surface area contributed by atoms with Crippen LogP contribution in [0.1, 0.15) is 17.2 Å². The van der Waals surface area contributed by atoms with Crippen LogP contribution in [0.3, 0.4) is 0 Å². The van der Waals surface area contributed by atoms with Gasteiger partial charge in [0.15, 0.2) is 6.10 Å². The Balaban J connectivity index is 3.12. The molecule has 3 N–H and O–H groups in total. The molecule has 1 aromatic carbocycles. The average molecular weight is 244 g/mol. The number of aliphatic hydroxyl groups excluding tert-OH is 2. The first kappa shape index (κ1) is 13.4. The quantitative estimate of drug-likeness (QED) is 0.670. The summed E-state index contributed by atoms with van der Waals surface area (Å²) in [6.45, 7) is 1.43. The zero-order valence-corrected chi connectivity index (χ0v) is 9.35. The molecule has 1 rings (SSSR count). The monoisotopic (exact) mass is 244 g/mol. The van der Waals surface area contributed by atoms with Crippen molar-refractivity contribution in [1.82, 2.24) is 0 Å². The minimum absolute atomic E-state index is 0.191. The van der Waals surface area contributed by atoms with E-state index in [2.05, 4.69) is 4.74 Å². The minimum Gasteiger partial charge on any atom is -0.507 e. The highest BCUT2D eigenvalue weighted by atomic mass is 19.1. The number of aromatic hydroxyl groups is 1. The topological polar surface area (TPSA) is 87.0 Å². The van der Waals surface area contributed by atoms with Crippen LogP contribution in [0.2, 0.25) is 0 Å². The second-order valence-electron chi connectivity index (χ2n) is 3.57. The summed E-state index contributed by atoms with van der Waals surface area (Å²) >= 11 is 0. The lowest BCUT2D eigenvalue weighted by Crippen LogP contribution is -2.29. The number of phenols is 1. The van der Waals surface area contributed by atoms with E-state index in [0.29, 0.717) is 0 Å². The highest BCUT2D eigenvalue weighted by molar-refractivity contribution is 5.75. The van der Waals surface area contributed by atoms with Crippen molar-refractivity contribution in [1.29, 1.82) is 0 Å². The molecule has 0 fully saturated rings. The Hall–Kier alpha value is -1.66. The van der Waals surface area contributed by atoms with Gasteiger partial charge in [0, 0.05) is 5.56 Å². The Morgan fingerprint density at radius 2 is 2.00 bits per heavy atom. The van der Waals surface area contributed by atoms with Gasteiger partial charge in [-0.2, -0.15) is 0 Å². The van der Waals surface area contributed by atoms with Gasteiger partial charge in [0.1, 0.15) is 17.7 Å². The first-order chi connectivity index (χ1) is 7.88. The van der Waals surface area contributed by atoms with Gasteiger partial charge in [-0.05, 0) is 24.6 Å². The molecule has 0 aromatic heterocycles. The molecular weight excluding hydrogens is 231 g/mol. The number of carbonyl (C=O) groups is 1. The lowest BCUT2D eigenvalue weighted by molar-refractivity contribution is -0.156. The summed E-state index contributed by atoms with van der Waals surface area (Å²) in [6.07, 6.45) is -3.64. The molecule has 0 aliphatic heterocycles. The SMILES string of the molecule is COC(=O)C(O)C(O)c1cc(F)cc(C)c1O.